The van der Waals surface area contributed by atoms with E-state index in [9.17, 15) is 0 Å². The monoisotopic (exact) mass is 696 g/mol. The fourth-order valence-corrected chi connectivity index (χ4v) is 13.5. The summed E-state index contributed by atoms with van der Waals surface area (Å²) in [6.45, 7) is 21.7. The molecule has 0 heterocycles. The van der Waals surface area contributed by atoms with Gasteiger partial charge < -0.3 is 0 Å². The van der Waals surface area contributed by atoms with E-state index < -0.39 is 63.2 Å². The van der Waals surface area contributed by atoms with Crippen molar-refractivity contribution in [3.05, 3.63) is 95.2 Å². The Morgan fingerprint density at radius 3 is 0.778 bits per heavy atom. The molecule has 1 aromatic rings. The molecule has 0 aliphatic heterocycles. The van der Waals surface area contributed by atoms with Gasteiger partial charge in [0, 0.05) is 0 Å². The molecule has 0 bridgehead atoms. The molecule has 0 fully saturated rings. The SMILES string of the molecule is C=C[O][Sb]([O]C=C)[c]1c[c]([Sb]([O]C=C)[O]C=C)c[c]([Sb]([O]C=C)[O]C=C)c1. The molecule has 0 saturated heterocycles. The van der Waals surface area contributed by atoms with Gasteiger partial charge in [0.2, 0.25) is 0 Å². The average Bonchev–Trinajstić information content (AvgIpc) is 2.67. The summed E-state index contributed by atoms with van der Waals surface area (Å²) in [6.07, 6.45) is 8.23. The molecular weight excluding hydrogens is 677 g/mol. The molecule has 6 nitrogen and oxygen atoms in total. The molecule has 0 amide bonds. The van der Waals surface area contributed by atoms with Gasteiger partial charge in [0.25, 0.3) is 0 Å². The summed E-state index contributed by atoms with van der Waals surface area (Å²) in [4.78, 5) is 0. The Morgan fingerprint density at radius 2 is 0.630 bits per heavy atom. The first-order valence-corrected chi connectivity index (χ1v) is 17.4. The van der Waals surface area contributed by atoms with Crippen LogP contribution in [0.2, 0.25) is 0 Å². The first-order valence-electron chi connectivity index (χ1n) is 7.36. The van der Waals surface area contributed by atoms with Gasteiger partial charge in [0.15, 0.2) is 0 Å². The van der Waals surface area contributed by atoms with E-state index in [4.69, 9.17) is 18.1 Å². The zero-order valence-corrected chi connectivity index (χ0v) is 22.4. The Labute approximate surface area is 185 Å². The topological polar surface area (TPSA) is 55.4 Å². The minimum absolute atomic E-state index is 0.884. The Kier molecular flexibility index (Phi) is 12.4. The second-order valence-corrected chi connectivity index (χ2v) is 16.5. The van der Waals surface area contributed by atoms with Crippen LogP contribution in [0.3, 0.4) is 0 Å². The van der Waals surface area contributed by atoms with Crippen molar-refractivity contribution in [2.45, 2.75) is 0 Å². The number of hydrogen-bond acceptors (Lipinski definition) is 6. The second kappa shape index (κ2) is 14.0. The van der Waals surface area contributed by atoms with Crippen LogP contribution in [0.15, 0.2) is 95.2 Å². The normalized spacial score (nSPS) is 9.89. The predicted octanol–water partition coefficient (Wildman–Crippen LogP) is 1.73. The van der Waals surface area contributed by atoms with Crippen molar-refractivity contribution in [1.29, 1.82) is 0 Å². The maximum absolute atomic E-state index is 5.63. The van der Waals surface area contributed by atoms with E-state index in [1.807, 2.05) is 18.2 Å². The van der Waals surface area contributed by atoms with Gasteiger partial charge >= 0.3 is 187 Å². The minimum atomic E-state index is -2.81. The third-order valence-corrected chi connectivity index (χ3v) is 14.2. The summed E-state index contributed by atoms with van der Waals surface area (Å²) < 4.78 is 36.4. The van der Waals surface area contributed by atoms with E-state index in [1.54, 1.807) is 0 Å². The van der Waals surface area contributed by atoms with Crippen molar-refractivity contribution in [3.63, 3.8) is 0 Å². The van der Waals surface area contributed by atoms with Crippen LogP contribution in [-0.4, -0.2) is 63.2 Å². The van der Waals surface area contributed by atoms with Gasteiger partial charge in [-0.2, -0.15) is 0 Å². The molecule has 144 valence electrons. The Hall–Kier alpha value is -1.09. The summed E-state index contributed by atoms with van der Waals surface area (Å²) in [5.41, 5.74) is 0. The van der Waals surface area contributed by atoms with Crippen LogP contribution in [0.4, 0.5) is 0 Å². The fraction of sp³-hybridized carbons (Fsp3) is 0. The van der Waals surface area contributed by atoms with E-state index in [2.05, 4.69) is 39.5 Å². The third kappa shape index (κ3) is 7.81. The molecule has 1 rings (SSSR count). The van der Waals surface area contributed by atoms with Gasteiger partial charge in [-0.05, 0) is 0 Å². The number of benzene rings is 1. The van der Waals surface area contributed by atoms with Crippen LogP contribution in [0, 0.1) is 0 Å². The van der Waals surface area contributed by atoms with Crippen LogP contribution in [0.1, 0.15) is 0 Å². The van der Waals surface area contributed by atoms with Gasteiger partial charge in [-0.3, -0.25) is 0 Å². The van der Waals surface area contributed by atoms with Crippen molar-refractivity contribution >= 4 is 73.7 Å². The zero-order valence-electron chi connectivity index (χ0n) is 14.7. The predicted molar refractivity (Wildman–Crippen MR) is 110 cm³/mol. The van der Waals surface area contributed by atoms with Crippen molar-refractivity contribution < 1.29 is 18.1 Å². The van der Waals surface area contributed by atoms with Gasteiger partial charge in [0.1, 0.15) is 0 Å². The summed E-state index contributed by atoms with van der Waals surface area (Å²) in [5, 5.41) is 0. The van der Waals surface area contributed by atoms with Crippen LogP contribution < -0.4 is 10.5 Å². The van der Waals surface area contributed by atoms with Crippen molar-refractivity contribution in [1.82, 2.24) is 0 Å². The third-order valence-electron chi connectivity index (χ3n) is 2.54. The zero-order chi connectivity index (χ0) is 20.1. The van der Waals surface area contributed by atoms with E-state index in [1.165, 1.54) is 37.6 Å². The molecule has 0 aliphatic carbocycles. The molecule has 0 spiro atoms. The summed E-state index contributed by atoms with van der Waals surface area (Å²) in [7, 11) is 0. The van der Waals surface area contributed by atoms with Crippen LogP contribution >= 0.6 is 0 Å². The molecule has 0 atom stereocenters. The molecule has 0 saturated carbocycles. The Balaban J connectivity index is 3.50. The van der Waals surface area contributed by atoms with Crippen LogP contribution in [0.5, 0.6) is 0 Å². The van der Waals surface area contributed by atoms with Crippen molar-refractivity contribution in [2.24, 2.45) is 0 Å². The van der Waals surface area contributed by atoms with E-state index in [0.29, 0.717) is 0 Å². The number of hydrogen-bond donors (Lipinski definition) is 0. The molecule has 0 radical (unpaired) electrons. The molecule has 27 heavy (non-hydrogen) atoms. The molecule has 0 N–H and O–H groups in total. The Bertz CT molecular complexity index is 546. The summed E-state index contributed by atoms with van der Waals surface area (Å²) >= 11 is -8.44. The molecule has 1 aromatic carbocycles. The van der Waals surface area contributed by atoms with Crippen LogP contribution in [0.25, 0.3) is 0 Å². The molecule has 9 heteroatoms. The maximum atomic E-state index is 5.63. The van der Waals surface area contributed by atoms with Gasteiger partial charge in [0.05, 0.1) is 0 Å². The molecular formula is C18H21O6Sb3. The van der Waals surface area contributed by atoms with Gasteiger partial charge in [-0.25, -0.2) is 0 Å². The van der Waals surface area contributed by atoms with E-state index in [-0.39, 0.29) is 0 Å². The quantitative estimate of drug-likeness (QED) is 0.206. The standard InChI is InChI=1S/C6H3.6C2H4O.3Sb/c1-2-4-6-5-3-1;6*1-2-3;;;/h1,4-5H;6*2-3H,1H2;;;/q;;;;;;;3*+2/p-6. The second-order valence-electron chi connectivity index (χ2n) is 4.11. The van der Waals surface area contributed by atoms with Crippen LogP contribution in [-0.2, 0) is 18.1 Å². The number of rotatable bonds is 15. The average molecular weight is 699 g/mol. The van der Waals surface area contributed by atoms with E-state index in [0.717, 1.165) is 10.5 Å². The summed E-state index contributed by atoms with van der Waals surface area (Å²) in [6, 6.07) is 5.86. The fourth-order valence-electron chi connectivity index (χ4n) is 1.74. The van der Waals surface area contributed by atoms with Gasteiger partial charge in [-0.1, -0.05) is 0 Å². The molecule has 0 unspecified atom stereocenters. The first kappa shape index (κ1) is 24.0. The van der Waals surface area contributed by atoms with Crippen molar-refractivity contribution in [3.8, 4) is 0 Å². The molecule has 0 aliphatic rings. The van der Waals surface area contributed by atoms with E-state index >= 15 is 0 Å². The first-order chi connectivity index (χ1) is 13.1. The summed E-state index contributed by atoms with van der Waals surface area (Å²) in [5.74, 6) is 0. The van der Waals surface area contributed by atoms with Crippen molar-refractivity contribution in [2.75, 3.05) is 0 Å². The Morgan fingerprint density at radius 1 is 0.444 bits per heavy atom. The molecule has 0 aromatic heterocycles. The van der Waals surface area contributed by atoms with Gasteiger partial charge in [-0.15, -0.1) is 0 Å².